The summed E-state index contributed by atoms with van der Waals surface area (Å²) in [6, 6.07) is 21.9. The fraction of sp³-hybridized carbons (Fsp3) is 0.233. The summed E-state index contributed by atoms with van der Waals surface area (Å²) in [5, 5.41) is 21.0. The molecule has 0 aliphatic rings. The first-order valence-corrected chi connectivity index (χ1v) is 13.9. The molecule has 3 aromatic rings. The molecule has 0 radical (unpaired) electrons. The molecule has 0 aliphatic carbocycles. The van der Waals surface area contributed by atoms with Gasteiger partial charge in [0.25, 0.3) is 5.91 Å². The number of hydrogen-bond donors (Lipinski definition) is 4. The number of anilines is 1. The average molecular weight is 578 g/mol. The normalized spacial score (nSPS) is 12.1. The van der Waals surface area contributed by atoms with E-state index in [4.69, 9.17) is 10.8 Å². The van der Waals surface area contributed by atoms with Crippen molar-refractivity contribution < 1.29 is 34.2 Å². The van der Waals surface area contributed by atoms with Gasteiger partial charge in [-0.15, -0.1) is 0 Å². The third-order valence-electron chi connectivity index (χ3n) is 6.07. The van der Waals surface area contributed by atoms with Crippen LogP contribution in [-0.4, -0.2) is 64.1 Å². The summed E-state index contributed by atoms with van der Waals surface area (Å²) in [7, 11) is 0. The van der Waals surface area contributed by atoms with E-state index in [-0.39, 0.29) is 24.4 Å². The molecule has 0 saturated heterocycles. The summed E-state index contributed by atoms with van der Waals surface area (Å²) in [6.45, 7) is -0.610. The van der Waals surface area contributed by atoms with Crippen LogP contribution in [0.25, 0.3) is 0 Å². The molecule has 41 heavy (non-hydrogen) atoms. The van der Waals surface area contributed by atoms with E-state index >= 15 is 0 Å². The maximum absolute atomic E-state index is 13.5. The molecule has 2 amide bonds. The minimum absolute atomic E-state index is 0.0970. The number of nitrogens with zero attached hydrogens (tertiary/aromatic N) is 1. The van der Waals surface area contributed by atoms with Gasteiger partial charge in [0.05, 0.1) is 0 Å². The summed E-state index contributed by atoms with van der Waals surface area (Å²) >= 11 is 1.34. The van der Waals surface area contributed by atoms with E-state index in [1.807, 2.05) is 18.2 Å². The minimum atomic E-state index is -1.24. The van der Waals surface area contributed by atoms with Gasteiger partial charge in [0, 0.05) is 34.7 Å². The highest BCUT2D eigenvalue weighted by Gasteiger charge is 2.29. The highest BCUT2D eigenvalue weighted by molar-refractivity contribution is 7.98. The zero-order chi connectivity index (χ0) is 29.8. The number of nitrogens with one attached hydrogen (secondary N) is 1. The van der Waals surface area contributed by atoms with Gasteiger partial charge in [-0.05, 0) is 24.1 Å². The average Bonchev–Trinajstić information content (AvgIpc) is 2.98. The second kappa shape index (κ2) is 15.3. The predicted molar refractivity (Wildman–Crippen MR) is 156 cm³/mol. The van der Waals surface area contributed by atoms with Crippen LogP contribution in [-0.2, 0) is 24.9 Å². The number of hydrogen-bond acceptors (Lipinski definition) is 7. The summed E-state index contributed by atoms with van der Waals surface area (Å²) in [5.41, 5.74) is 7.86. The van der Waals surface area contributed by atoms with Crippen molar-refractivity contribution in [1.29, 1.82) is 0 Å². The van der Waals surface area contributed by atoms with Gasteiger partial charge < -0.3 is 21.3 Å². The molecule has 3 rings (SSSR count). The summed E-state index contributed by atoms with van der Waals surface area (Å²) in [6.07, 6.45) is -0.343. The van der Waals surface area contributed by atoms with Crippen molar-refractivity contribution in [3.8, 4) is 0 Å². The summed E-state index contributed by atoms with van der Waals surface area (Å²) < 4.78 is 0. The number of carbonyl (C=O) groups excluding carboxylic acids is 3. The molecule has 0 saturated carbocycles. The van der Waals surface area contributed by atoms with E-state index in [9.17, 15) is 29.1 Å². The van der Waals surface area contributed by atoms with Crippen molar-refractivity contribution in [2.45, 2.75) is 30.7 Å². The molecule has 0 fully saturated rings. The third-order valence-corrected chi connectivity index (χ3v) is 7.17. The van der Waals surface area contributed by atoms with Crippen LogP contribution in [0.1, 0.15) is 34.3 Å². The Morgan fingerprint density at radius 3 is 2.00 bits per heavy atom. The molecule has 214 valence electrons. The van der Waals surface area contributed by atoms with E-state index < -0.39 is 42.4 Å². The molecule has 2 atom stereocenters. The largest absolute Gasteiger partial charge is 0.480 e. The van der Waals surface area contributed by atoms with Crippen LogP contribution in [0.4, 0.5) is 5.69 Å². The van der Waals surface area contributed by atoms with Gasteiger partial charge in [-0.3, -0.25) is 28.9 Å². The number of amides is 2. The Kier molecular flexibility index (Phi) is 11.6. The number of aliphatic carboxylic acids is 2. The molecular weight excluding hydrogens is 546 g/mol. The lowest BCUT2D eigenvalue weighted by Crippen LogP contribution is -2.51. The molecule has 0 bridgehead atoms. The van der Waals surface area contributed by atoms with Crippen LogP contribution in [0, 0.1) is 0 Å². The highest BCUT2D eigenvalue weighted by atomic mass is 32.2. The fourth-order valence-electron chi connectivity index (χ4n) is 3.88. The van der Waals surface area contributed by atoms with E-state index in [0.29, 0.717) is 22.6 Å². The van der Waals surface area contributed by atoms with Crippen LogP contribution < -0.4 is 16.0 Å². The van der Waals surface area contributed by atoms with E-state index in [1.165, 1.54) is 11.8 Å². The number of para-hydroxylation sites is 1. The second-order valence-corrected chi connectivity index (χ2v) is 10.2. The fourth-order valence-corrected chi connectivity index (χ4v) is 4.89. The number of ketones is 1. The predicted octanol–water partition coefficient (Wildman–Crippen LogP) is 2.95. The molecule has 11 heteroatoms. The van der Waals surface area contributed by atoms with Gasteiger partial charge >= 0.3 is 11.9 Å². The maximum Gasteiger partial charge on any atom is 0.323 e. The van der Waals surface area contributed by atoms with Gasteiger partial charge in [0.15, 0.2) is 5.78 Å². The molecule has 0 aromatic heterocycles. The summed E-state index contributed by atoms with van der Waals surface area (Å²) in [5.74, 6) is -3.19. The zero-order valence-electron chi connectivity index (χ0n) is 22.1. The smallest absolute Gasteiger partial charge is 0.323 e. The number of rotatable bonds is 15. The van der Waals surface area contributed by atoms with Crippen LogP contribution in [0.15, 0.2) is 84.9 Å². The monoisotopic (exact) mass is 577 g/mol. The highest BCUT2D eigenvalue weighted by Crippen LogP contribution is 2.19. The van der Waals surface area contributed by atoms with Gasteiger partial charge in [-0.25, -0.2) is 0 Å². The lowest BCUT2D eigenvalue weighted by Gasteiger charge is -2.27. The Balaban J connectivity index is 1.71. The van der Waals surface area contributed by atoms with E-state index in [1.54, 1.807) is 66.7 Å². The molecule has 5 N–H and O–H groups in total. The van der Waals surface area contributed by atoms with Crippen molar-refractivity contribution in [2.24, 2.45) is 5.73 Å². The SMILES string of the molecule is N[C@@H](CCC(=O)N[C@@H](CSCc1ccc(C(=O)c2ccccc2)cc1)C(=O)N(CC(=O)O)c1ccccc1)C(=O)O. The zero-order valence-corrected chi connectivity index (χ0v) is 23.0. The number of carboxylic acids is 2. The number of carboxylic acid groups (broad SMARTS) is 2. The van der Waals surface area contributed by atoms with Gasteiger partial charge in [0.2, 0.25) is 5.91 Å². The van der Waals surface area contributed by atoms with Crippen LogP contribution >= 0.6 is 11.8 Å². The van der Waals surface area contributed by atoms with Crippen molar-refractivity contribution in [2.75, 3.05) is 17.2 Å². The topological polar surface area (TPSA) is 167 Å². The molecule has 0 aliphatic heterocycles. The molecular formula is C30H31N3O7S. The molecule has 0 spiro atoms. The van der Waals surface area contributed by atoms with E-state index in [2.05, 4.69) is 5.32 Å². The Morgan fingerprint density at radius 2 is 1.41 bits per heavy atom. The third kappa shape index (κ3) is 9.59. The number of carbonyl (C=O) groups is 5. The minimum Gasteiger partial charge on any atom is -0.480 e. The second-order valence-electron chi connectivity index (χ2n) is 9.16. The lowest BCUT2D eigenvalue weighted by molar-refractivity contribution is -0.139. The van der Waals surface area contributed by atoms with Crippen LogP contribution in [0.3, 0.4) is 0 Å². The van der Waals surface area contributed by atoms with Gasteiger partial charge in [-0.1, -0.05) is 72.8 Å². The quantitative estimate of drug-likeness (QED) is 0.199. The van der Waals surface area contributed by atoms with Crippen LogP contribution in [0.5, 0.6) is 0 Å². The Morgan fingerprint density at radius 1 is 0.829 bits per heavy atom. The first-order chi connectivity index (χ1) is 19.7. The molecule has 3 aromatic carbocycles. The molecule has 0 heterocycles. The Hall–Kier alpha value is -4.48. The van der Waals surface area contributed by atoms with E-state index in [0.717, 1.165) is 10.5 Å². The van der Waals surface area contributed by atoms with Crippen LogP contribution in [0.2, 0.25) is 0 Å². The number of nitrogens with two attached hydrogens (primary N) is 1. The standard InChI is InChI=1S/C30H31N3O7S/c31-24(30(39)40)15-16-26(34)32-25(29(38)33(17-27(35)36)23-9-5-2-6-10-23)19-41-18-20-11-13-22(14-12-20)28(37)21-7-3-1-4-8-21/h1-14,24-25H,15-19,31H2,(H,32,34)(H,35,36)(H,39,40)/t24-,25-/m0/s1. The number of benzene rings is 3. The molecule has 0 unspecified atom stereocenters. The number of thioether (sulfide) groups is 1. The maximum atomic E-state index is 13.5. The van der Waals surface area contributed by atoms with Crippen molar-refractivity contribution >= 4 is 47.0 Å². The molecule has 10 nitrogen and oxygen atoms in total. The van der Waals surface area contributed by atoms with Crippen molar-refractivity contribution in [3.63, 3.8) is 0 Å². The van der Waals surface area contributed by atoms with Crippen molar-refractivity contribution in [1.82, 2.24) is 5.32 Å². The summed E-state index contributed by atoms with van der Waals surface area (Å²) in [4.78, 5) is 62.5. The lowest BCUT2D eigenvalue weighted by atomic mass is 10.0. The first kappa shape index (κ1) is 31.1. The Labute approximate surface area is 241 Å². The Bertz CT molecular complexity index is 1350. The van der Waals surface area contributed by atoms with Crippen molar-refractivity contribution in [3.05, 3.63) is 102 Å². The van der Waals surface area contributed by atoms with Gasteiger partial charge in [-0.2, -0.15) is 11.8 Å². The van der Waals surface area contributed by atoms with Gasteiger partial charge in [0.1, 0.15) is 18.6 Å². The first-order valence-electron chi connectivity index (χ1n) is 12.8.